The Kier molecular flexibility index (Phi) is 4.25. The van der Waals surface area contributed by atoms with E-state index in [2.05, 4.69) is 39.3 Å². The van der Waals surface area contributed by atoms with E-state index in [1.54, 1.807) is 22.7 Å². The lowest BCUT2D eigenvalue weighted by Crippen LogP contribution is -2.22. The summed E-state index contributed by atoms with van der Waals surface area (Å²) in [5, 5.41) is 6.22. The molecule has 0 saturated heterocycles. The summed E-state index contributed by atoms with van der Waals surface area (Å²) in [6.07, 6.45) is 2.46. The summed E-state index contributed by atoms with van der Waals surface area (Å²) in [5.74, 6) is 0.0134. The van der Waals surface area contributed by atoms with Gasteiger partial charge in [-0.3, -0.25) is 4.79 Å². The maximum absolute atomic E-state index is 12.6. The molecule has 6 heteroatoms. The second-order valence-electron chi connectivity index (χ2n) is 6.59. The van der Waals surface area contributed by atoms with E-state index >= 15 is 0 Å². The molecule has 25 heavy (non-hydrogen) atoms. The van der Waals surface area contributed by atoms with Crippen LogP contribution in [0, 0.1) is 20.8 Å². The number of nitrogens with one attached hydrogen (secondary N) is 1. The quantitative estimate of drug-likeness (QED) is 0.696. The molecular formula is C19H21N3OS2. The van der Waals surface area contributed by atoms with Gasteiger partial charge in [0.25, 0.3) is 5.91 Å². The highest BCUT2D eigenvalue weighted by atomic mass is 32.1. The highest BCUT2D eigenvalue weighted by molar-refractivity contribution is 7.16. The molecule has 0 aliphatic heterocycles. The summed E-state index contributed by atoms with van der Waals surface area (Å²) in [6, 6.07) is 6.77. The van der Waals surface area contributed by atoms with E-state index in [0.717, 1.165) is 31.7 Å². The zero-order chi connectivity index (χ0) is 17.6. The van der Waals surface area contributed by atoms with Gasteiger partial charge in [0, 0.05) is 27.7 Å². The molecular weight excluding hydrogens is 350 g/mol. The lowest BCUT2D eigenvalue weighted by atomic mass is 10.2. The molecule has 3 heterocycles. The van der Waals surface area contributed by atoms with Crippen molar-refractivity contribution in [2.75, 3.05) is 0 Å². The standard InChI is InChI=1S/C19H21N3OS2/c1-11-8-16(12(2)22(11)14-4-5-14)19(23)20-9-15-6-7-18(25-15)17-10-24-13(3)21-17/h6-8,10,14H,4-5,9H2,1-3H3,(H,20,23). The van der Waals surface area contributed by atoms with Gasteiger partial charge in [-0.25, -0.2) is 4.98 Å². The maximum Gasteiger partial charge on any atom is 0.253 e. The minimum absolute atomic E-state index is 0.0134. The molecule has 1 saturated carbocycles. The first-order valence-electron chi connectivity index (χ1n) is 8.51. The van der Waals surface area contributed by atoms with Gasteiger partial charge < -0.3 is 9.88 Å². The van der Waals surface area contributed by atoms with Crippen LogP contribution in [0.2, 0.25) is 0 Å². The molecule has 1 aliphatic rings. The van der Waals surface area contributed by atoms with Gasteiger partial charge >= 0.3 is 0 Å². The number of hydrogen-bond donors (Lipinski definition) is 1. The van der Waals surface area contributed by atoms with Crippen LogP contribution in [0.5, 0.6) is 0 Å². The van der Waals surface area contributed by atoms with Gasteiger partial charge in [0.2, 0.25) is 0 Å². The molecule has 1 amide bonds. The Balaban J connectivity index is 1.44. The fraction of sp³-hybridized carbons (Fsp3) is 0.368. The van der Waals surface area contributed by atoms with E-state index in [9.17, 15) is 4.79 Å². The van der Waals surface area contributed by atoms with E-state index in [-0.39, 0.29) is 5.91 Å². The molecule has 0 radical (unpaired) electrons. The van der Waals surface area contributed by atoms with Gasteiger partial charge in [-0.05, 0) is 51.8 Å². The molecule has 130 valence electrons. The van der Waals surface area contributed by atoms with Gasteiger partial charge in [-0.1, -0.05) is 0 Å². The van der Waals surface area contributed by atoms with Crippen LogP contribution in [-0.4, -0.2) is 15.5 Å². The maximum atomic E-state index is 12.6. The van der Waals surface area contributed by atoms with Crippen LogP contribution in [0.3, 0.4) is 0 Å². The highest BCUT2D eigenvalue weighted by Crippen LogP contribution is 2.38. The van der Waals surface area contributed by atoms with Gasteiger partial charge in [0.05, 0.1) is 27.7 Å². The Morgan fingerprint density at radius 1 is 1.32 bits per heavy atom. The lowest BCUT2D eigenvalue weighted by molar-refractivity contribution is 0.0950. The summed E-state index contributed by atoms with van der Waals surface area (Å²) in [5.41, 5.74) is 4.10. The predicted octanol–water partition coefficient (Wildman–Crippen LogP) is 4.86. The molecule has 0 atom stereocenters. The first kappa shape index (κ1) is 16.5. The molecule has 1 aliphatic carbocycles. The fourth-order valence-electron chi connectivity index (χ4n) is 3.25. The first-order valence-corrected chi connectivity index (χ1v) is 10.2. The summed E-state index contributed by atoms with van der Waals surface area (Å²) in [7, 11) is 0. The molecule has 1 fully saturated rings. The summed E-state index contributed by atoms with van der Waals surface area (Å²) in [6.45, 7) is 6.71. The summed E-state index contributed by atoms with van der Waals surface area (Å²) >= 11 is 3.35. The minimum Gasteiger partial charge on any atom is -0.347 e. The second kappa shape index (κ2) is 6.42. The average molecular weight is 372 g/mol. The molecule has 4 rings (SSSR count). The van der Waals surface area contributed by atoms with Crippen LogP contribution in [0.15, 0.2) is 23.6 Å². The number of rotatable bonds is 5. The third-order valence-electron chi connectivity index (χ3n) is 4.60. The normalized spacial score (nSPS) is 14.0. The number of thiophene rings is 1. The Bertz CT molecular complexity index is 931. The zero-order valence-corrected chi connectivity index (χ0v) is 16.3. The molecule has 3 aromatic heterocycles. The van der Waals surface area contributed by atoms with Crippen LogP contribution in [-0.2, 0) is 6.54 Å². The van der Waals surface area contributed by atoms with Crippen molar-refractivity contribution in [3.8, 4) is 10.6 Å². The van der Waals surface area contributed by atoms with Crippen molar-refractivity contribution in [2.24, 2.45) is 0 Å². The van der Waals surface area contributed by atoms with E-state index in [4.69, 9.17) is 0 Å². The number of amides is 1. The molecule has 3 aromatic rings. The van der Waals surface area contributed by atoms with Crippen molar-refractivity contribution in [3.63, 3.8) is 0 Å². The Morgan fingerprint density at radius 2 is 2.12 bits per heavy atom. The Hall–Kier alpha value is -1.92. The van der Waals surface area contributed by atoms with Gasteiger partial charge in [0.15, 0.2) is 0 Å². The number of aromatic nitrogens is 2. The van der Waals surface area contributed by atoms with Crippen molar-refractivity contribution < 1.29 is 4.79 Å². The topological polar surface area (TPSA) is 46.9 Å². The number of thiazole rings is 1. The monoisotopic (exact) mass is 371 g/mol. The molecule has 4 nitrogen and oxygen atoms in total. The first-order chi connectivity index (χ1) is 12.0. The van der Waals surface area contributed by atoms with Crippen LogP contribution in [0.25, 0.3) is 10.6 Å². The van der Waals surface area contributed by atoms with E-state index < -0.39 is 0 Å². The van der Waals surface area contributed by atoms with Crippen LogP contribution in [0.1, 0.15) is 50.5 Å². The highest BCUT2D eigenvalue weighted by Gasteiger charge is 2.28. The zero-order valence-electron chi connectivity index (χ0n) is 14.6. The number of carbonyl (C=O) groups excluding carboxylic acids is 1. The van der Waals surface area contributed by atoms with E-state index in [1.807, 2.05) is 19.9 Å². The van der Waals surface area contributed by atoms with Crippen molar-refractivity contribution in [3.05, 3.63) is 50.4 Å². The van der Waals surface area contributed by atoms with Crippen molar-refractivity contribution in [1.29, 1.82) is 0 Å². The second-order valence-corrected chi connectivity index (χ2v) is 8.82. The Labute approximate surface area is 155 Å². The molecule has 0 bridgehead atoms. The molecule has 0 spiro atoms. The molecule has 0 aromatic carbocycles. The average Bonchev–Trinajstić information content (AvgIpc) is 3.01. The predicted molar refractivity (Wildman–Crippen MR) is 104 cm³/mol. The van der Waals surface area contributed by atoms with Gasteiger partial charge in [0.1, 0.15) is 0 Å². The smallest absolute Gasteiger partial charge is 0.253 e. The third-order valence-corrected chi connectivity index (χ3v) is 6.48. The van der Waals surface area contributed by atoms with E-state index in [1.165, 1.54) is 18.5 Å². The van der Waals surface area contributed by atoms with Gasteiger partial charge in [-0.15, -0.1) is 22.7 Å². The number of nitrogens with zero attached hydrogens (tertiary/aromatic N) is 2. The Morgan fingerprint density at radius 3 is 2.80 bits per heavy atom. The summed E-state index contributed by atoms with van der Waals surface area (Å²) in [4.78, 5) is 19.4. The van der Waals surface area contributed by atoms with E-state index in [0.29, 0.717) is 12.6 Å². The number of aryl methyl sites for hydroxylation is 2. The van der Waals surface area contributed by atoms with Crippen molar-refractivity contribution in [1.82, 2.24) is 14.9 Å². The largest absolute Gasteiger partial charge is 0.347 e. The number of carbonyl (C=O) groups is 1. The summed E-state index contributed by atoms with van der Waals surface area (Å²) < 4.78 is 2.31. The number of hydrogen-bond acceptors (Lipinski definition) is 4. The fourth-order valence-corrected chi connectivity index (χ4v) is 4.85. The van der Waals surface area contributed by atoms with Crippen LogP contribution in [0.4, 0.5) is 0 Å². The van der Waals surface area contributed by atoms with Crippen molar-refractivity contribution >= 4 is 28.6 Å². The third kappa shape index (κ3) is 3.28. The van der Waals surface area contributed by atoms with Crippen LogP contribution >= 0.6 is 22.7 Å². The van der Waals surface area contributed by atoms with Crippen molar-refractivity contribution in [2.45, 2.75) is 46.2 Å². The molecule has 0 unspecified atom stereocenters. The van der Waals surface area contributed by atoms with Gasteiger partial charge in [-0.2, -0.15) is 0 Å². The SMILES string of the molecule is Cc1nc(-c2ccc(CNC(=O)c3cc(C)n(C4CC4)c3C)s2)cs1. The minimum atomic E-state index is 0.0134. The lowest BCUT2D eigenvalue weighted by Gasteiger charge is -2.08. The molecule has 1 N–H and O–H groups in total. The van der Waals surface area contributed by atoms with Crippen LogP contribution < -0.4 is 5.32 Å².